The van der Waals surface area contributed by atoms with Crippen LogP contribution in [0.25, 0.3) is 0 Å². The van der Waals surface area contributed by atoms with Gasteiger partial charge in [-0.1, -0.05) is 30.3 Å². The lowest BCUT2D eigenvalue weighted by molar-refractivity contribution is -0.164. The molecular formula is C17H18O4. The van der Waals surface area contributed by atoms with Gasteiger partial charge in [-0.25, -0.2) is 4.79 Å². The second kappa shape index (κ2) is 6.41. The number of para-hydroxylation sites is 1. The van der Waals surface area contributed by atoms with E-state index >= 15 is 0 Å². The molecule has 2 aromatic rings. The summed E-state index contributed by atoms with van der Waals surface area (Å²) < 4.78 is 10.5. The molecule has 2 aromatic carbocycles. The SMILES string of the molecule is CCOC(=O)[C@](C)(O)c1ccc(Oc2ccccc2)cc1. The Kier molecular flexibility index (Phi) is 4.60. The van der Waals surface area contributed by atoms with Crippen molar-refractivity contribution < 1.29 is 19.4 Å². The standard InChI is InChI=1S/C17H18O4/c1-3-20-16(18)17(2,19)13-9-11-15(12-10-13)21-14-7-5-4-6-8-14/h4-12,19H,3H2,1-2H3/t17-/m1/s1. The van der Waals surface area contributed by atoms with E-state index in [1.807, 2.05) is 30.3 Å². The molecule has 0 radical (unpaired) electrons. The van der Waals surface area contributed by atoms with E-state index in [-0.39, 0.29) is 6.61 Å². The molecule has 0 aliphatic carbocycles. The molecule has 4 heteroatoms. The summed E-state index contributed by atoms with van der Waals surface area (Å²) in [5, 5.41) is 10.3. The lowest BCUT2D eigenvalue weighted by Gasteiger charge is -2.21. The summed E-state index contributed by atoms with van der Waals surface area (Å²) in [5.41, 5.74) is -1.21. The van der Waals surface area contributed by atoms with E-state index in [4.69, 9.17) is 9.47 Å². The van der Waals surface area contributed by atoms with E-state index in [2.05, 4.69) is 0 Å². The molecule has 2 rings (SSSR count). The van der Waals surface area contributed by atoms with Gasteiger partial charge < -0.3 is 14.6 Å². The second-order valence-corrected chi connectivity index (χ2v) is 4.73. The molecule has 0 spiro atoms. The van der Waals surface area contributed by atoms with Crippen molar-refractivity contribution >= 4 is 5.97 Å². The van der Waals surface area contributed by atoms with E-state index in [1.54, 1.807) is 31.2 Å². The number of benzene rings is 2. The maximum absolute atomic E-state index is 11.7. The molecule has 0 amide bonds. The zero-order valence-electron chi connectivity index (χ0n) is 12.1. The molecule has 0 aliphatic rings. The minimum absolute atomic E-state index is 0.226. The third kappa shape index (κ3) is 3.61. The zero-order valence-corrected chi connectivity index (χ0v) is 12.1. The van der Waals surface area contributed by atoms with E-state index in [0.29, 0.717) is 11.3 Å². The summed E-state index contributed by atoms with van der Waals surface area (Å²) in [6.07, 6.45) is 0. The zero-order chi connectivity index (χ0) is 15.3. The first-order valence-corrected chi connectivity index (χ1v) is 6.77. The van der Waals surface area contributed by atoms with Crippen LogP contribution in [0.4, 0.5) is 0 Å². The van der Waals surface area contributed by atoms with Crippen LogP contribution in [0.2, 0.25) is 0 Å². The first-order valence-electron chi connectivity index (χ1n) is 6.77. The summed E-state index contributed by atoms with van der Waals surface area (Å²) in [5.74, 6) is 0.689. The van der Waals surface area contributed by atoms with Crippen molar-refractivity contribution in [3.05, 3.63) is 60.2 Å². The molecule has 0 saturated heterocycles. The molecule has 4 nitrogen and oxygen atoms in total. The van der Waals surface area contributed by atoms with Gasteiger partial charge in [0.2, 0.25) is 0 Å². The Morgan fingerprint density at radius 3 is 2.19 bits per heavy atom. The number of aliphatic hydroxyl groups is 1. The fraction of sp³-hybridized carbons (Fsp3) is 0.235. The summed E-state index contributed by atoms with van der Waals surface area (Å²) >= 11 is 0. The van der Waals surface area contributed by atoms with Gasteiger partial charge in [0.05, 0.1) is 6.61 Å². The predicted molar refractivity (Wildman–Crippen MR) is 79.2 cm³/mol. The molecular weight excluding hydrogens is 268 g/mol. The van der Waals surface area contributed by atoms with Gasteiger partial charge in [-0.05, 0) is 43.7 Å². The van der Waals surface area contributed by atoms with Gasteiger partial charge in [-0.3, -0.25) is 0 Å². The highest BCUT2D eigenvalue weighted by atomic mass is 16.5. The number of esters is 1. The Balaban J connectivity index is 2.13. The maximum Gasteiger partial charge on any atom is 0.342 e. The van der Waals surface area contributed by atoms with Crippen LogP contribution in [-0.2, 0) is 15.1 Å². The molecule has 0 aliphatic heterocycles. The molecule has 21 heavy (non-hydrogen) atoms. The van der Waals surface area contributed by atoms with Gasteiger partial charge in [0, 0.05) is 0 Å². The van der Waals surface area contributed by atoms with Gasteiger partial charge in [-0.2, -0.15) is 0 Å². The Morgan fingerprint density at radius 1 is 1.05 bits per heavy atom. The van der Waals surface area contributed by atoms with E-state index < -0.39 is 11.6 Å². The normalized spacial score (nSPS) is 13.3. The highest BCUT2D eigenvalue weighted by Crippen LogP contribution is 2.26. The third-order valence-electron chi connectivity index (χ3n) is 3.07. The first-order chi connectivity index (χ1) is 10.0. The fourth-order valence-electron chi connectivity index (χ4n) is 1.86. The van der Waals surface area contributed by atoms with Gasteiger partial charge in [0.25, 0.3) is 0 Å². The van der Waals surface area contributed by atoms with Crippen molar-refractivity contribution in [3.8, 4) is 11.5 Å². The molecule has 0 unspecified atom stereocenters. The van der Waals surface area contributed by atoms with E-state index in [0.717, 1.165) is 5.75 Å². The minimum atomic E-state index is -1.67. The lowest BCUT2D eigenvalue weighted by atomic mass is 9.96. The van der Waals surface area contributed by atoms with Crippen LogP contribution in [-0.4, -0.2) is 17.7 Å². The van der Waals surface area contributed by atoms with Crippen molar-refractivity contribution in [1.29, 1.82) is 0 Å². The van der Waals surface area contributed by atoms with Crippen molar-refractivity contribution in [2.24, 2.45) is 0 Å². The van der Waals surface area contributed by atoms with Gasteiger partial charge in [0.15, 0.2) is 5.60 Å². The maximum atomic E-state index is 11.7. The monoisotopic (exact) mass is 286 g/mol. The van der Waals surface area contributed by atoms with Crippen LogP contribution in [0.3, 0.4) is 0 Å². The van der Waals surface area contributed by atoms with Crippen LogP contribution in [0.1, 0.15) is 19.4 Å². The average molecular weight is 286 g/mol. The fourth-order valence-corrected chi connectivity index (χ4v) is 1.86. The Labute approximate surface area is 123 Å². The smallest absolute Gasteiger partial charge is 0.342 e. The Hall–Kier alpha value is -2.33. The molecule has 0 bridgehead atoms. The van der Waals surface area contributed by atoms with Crippen LogP contribution in [0.5, 0.6) is 11.5 Å². The molecule has 1 atom stereocenters. The summed E-state index contributed by atoms with van der Waals surface area (Å²) in [6.45, 7) is 3.34. The van der Waals surface area contributed by atoms with Gasteiger partial charge in [0.1, 0.15) is 11.5 Å². The summed E-state index contributed by atoms with van der Waals surface area (Å²) in [7, 11) is 0. The summed E-state index contributed by atoms with van der Waals surface area (Å²) in [4.78, 5) is 11.7. The average Bonchev–Trinajstić information content (AvgIpc) is 2.49. The highest BCUT2D eigenvalue weighted by molar-refractivity contribution is 5.80. The third-order valence-corrected chi connectivity index (χ3v) is 3.07. The van der Waals surface area contributed by atoms with Crippen molar-refractivity contribution in [1.82, 2.24) is 0 Å². The molecule has 0 fully saturated rings. The van der Waals surface area contributed by atoms with Crippen LogP contribution < -0.4 is 4.74 Å². The van der Waals surface area contributed by atoms with Crippen molar-refractivity contribution in [2.75, 3.05) is 6.61 Å². The first kappa shape index (κ1) is 15.1. The van der Waals surface area contributed by atoms with Crippen molar-refractivity contribution in [3.63, 3.8) is 0 Å². The number of hydrogen-bond acceptors (Lipinski definition) is 4. The topological polar surface area (TPSA) is 55.8 Å². The van der Waals surface area contributed by atoms with E-state index in [1.165, 1.54) is 6.92 Å². The van der Waals surface area contributed by atoms with E-state index in [9.17, 15) is 9.90 Å². The van der Waals surface area contributed by atoms with Crippen LogP contribution in [0, 0.1) is 0 Å². The lowest BCUT2D eigenvalue weighted by Crippen LogP contribution is -2.34. The number of rotatable bonds is 5. The largest absolute Gasteiger partial charge is 0.464 e. The van der Waals surface area contributed by atoms with Crippen molar-refractivity contribution in [2.45, 2.75) is 19.4 Å². The molecule has 110 valence electrons. The quantitative estimate of drug-likeness (QED) is 0.857. The number of hydrogen-bond donors (Lipinski definition) is 1. The summed E-state index contributed by atoms with van der Waals surface area (Å²) in [6, 6.07) is 16.1. The molecule has 0 saturated carbocycles. The van der Waals surface area contributed by atoms with Gasteiger partial charge >= 0.3 is 5.97 Å². The highest BCUT2D eigenvalue weighted by Gasteiger charge is 2.33. The molecule has 0 heterocycles. The molecule has 1 N–H and O–H groups in total. The Bertz CT molecular complexity index is 588. The number of carbonyl (C=O) groups is 1. The number of carbonyl (C=O) groups excluding carboxylic acids is 1. The number of ether oxygens (including phenoxy) is 2. The minimum Gasteiger partial charge on any atom is -0.464 e. The van der Waals surface area contributed by atoms with Crippen LogP contribution in [0.15, 0.2) is 54.6 Å². The van der Waals surface area contributed by atoms with Gasteiger partial charge in [-0.15, -0.1) is 0 Å². The van der Waals surface area contributed by atoms with Crippen LogP contribution >= 0.6 is 0 Å². The second-order valence-electron chi connectivity index (χ2n) is 4.73. The predicted octanol–water partition coefficient (Wildman–Crippen LogP) is 3.25. The Morgan fingerprint density at radius 2 is 1.62 bits per heavy atom. The molecule has 0 aromatic heterocycles.